The van der Waals surface area contributed by atoms with E-state index in [1.54, 1.807) is 42.5 Å². The molecule has 1 N–H and O–H groups in total. The van der Waals surface area contributed by atoms with Gasteiger partial charge in [0.15, 0.2) is 0 Å². The van der Waals surface area contributed by atoms with Crippen LogP contribution in [0.1, 0.15) is 43.2 Å². The van der Waals surface area contributed by atoms with Crippen molar-refractivity contribution in [2.75, 3.05) is 24.2 Å². The normalized spacial score (nSPS) is 14.5. The fraction of sp³-hybridized carbons (Fsp3) is 0.375. The lowest BCUT2D eigenvalue weighted by Gasteiger charge is -2.35. The van der Waals surface area contributed by atoms with Crippen molar-refractivity contribution in [3.8, 4) is 5.75 Å². The Bertz CT molecular complexity index is 1460. The topological polar surface area (TPSA) is 96.0 Å². The van der Waals surface area contributed by atoms with Crippen LogP contribution >= 0.6 is 11.6 Å². The van der Waals surface area contributed by atoms with Crippen molar-refractivity contribution in [3.05, 3.63) is 95.0 Å². The summed E-state index contributed by atoms with van der Waals surface area (Å²) in [6, 6.07) is 22.4. The number of para-hydroxylation sites is 2. The molecule has 0 radical (unpaired) electrons. The zero-order valence-corrected chi connectivity index (χ0v) is 25.6. The minimum Gasteiger partial charge on any atom is -0.495 e. The van der Waals surface area contributed by atoms with Crippen LogP contribution in [0.5, 0.6) is 5.75 Å². The quantitative estimate of drug-likeness (QED) is 0.304. The van der Waals surface area contributed by atoms with Gasteiger partial charge in [-0.05, 0) is 48.2 Å². The number of carbonyl (C=O) groups excluding carboxylic acids is 2. The second-order valence-corrected chi connectivity index (χ2v) is 13.0. The van der Waals surface area contributed by atoms with E-state index in [-0.39, 0.29) is 30.6 Å². The first kappa shape index (κ1) is 31.4. The first-order valence-electron chi connectivity index (χ1n) is 14.1. The molecule has 2 amide bonds. The number of anilines is 1. The van der Waals surface area contributed by atoms with Gasteiger partial charge in [0.05, 0.1) is 19.1 Å². The maximum atomic E-state index is 14.3. The average molecular weight is 612 g/mol. The van der Waals surface area contributed by atoms with E-state index in [1.165, 1.54) is 12.0 Å². The van der Waals surface area contributed by atoms with Gasteiger partial charge in [-0.15, -0.1) is 0 Å². The summed E-state index contributed by atoms with van der Waals surface area (Å²) in [4.78, 5) is 29.7. The molecular formula is C32H38ClN3O5S. The van der Waals surface area contributed by atoms with Crippen LogP contribution in [0.4, 0.5) is 5.69 Å². The molecule has 0 heterocycles. The summed E-state index contributed by atoms with van der Waals surface area (Å²) in [7, 11) is -2.46. The first-order valence-corrected chi connectivity index (χ1v) is 16.4. The summed E-state index contributed by atoms with van der Waals surface area (Å²) < 4.78 is 32.5. The maximum absolute atomic E-state index is 14.3. The molecule has 0 saturated heterocycles. The highest BCUT2D eigenvalue weighted by molar-refractivity contribution is 7.92. The van der Waals surface area contributed by atoms with E-state index < -0.39 is 28.5 Å². The standard InChI is InChI=1S/C32H38ClN3O5S/c1-41-30-19-10-9-18-28(30)36(42(2,39)40)23-31(37)35(22-25-14-11-15-26(33)20-25)29(21-24-12-5-3-6-13-24)32(38)34-27-16-7-4-8-17-27/h3,5-6,9-15,18-20,27,29H,4,7-8,16-17,21-23H2,1-2H3,(H,34,38)/t29-/m0/s1. The number of nitrogens with one attached hydrogen (secondary N) is 1. The number of benzene rings is 3. The summed E-state index contributed by atoms with van der Waals surface area (Å²) in [6.07, 6.45) is 6.32. The zero-order valence-electron chi connectivity index (χ0n) is 24.0. The van der Waals surface area contributed by atoms with Gasteiger partial charge >= 0.3 is 0 Å². The predicted octanol–water partition coefficient (Wildman–Crippen LogP) is 5.20. The van der Waals surface area contributed by atoms with Gasteiger partial charge in [-0.25, -0.2) is 8.42 Å². The number of carbonyl (C=O) groups is 2. The van der Waals surface area contributed by atoms with E-state index in [9.17, 15) is 18.0 Å². The Morgan fingerprint density at radius 3 is 2.29 bits per heavy atom. The molecule has 224 valence electrons. The Morgan fingerprint density at radius 1 is 0.952 bits per heavy atom. The first-order chi connectivity index (χ1) is 20.2. The van der Waals surface area contributed by atoms with Crippen LogP contribution in [-0.4, -0.2) is 57.1 Å². The van der Waals surface area contributed by atoms with Crippen LogP contribution in [0.15, 0.2) is 78.9 Å². The van der Waals surface area contributed by atoms with Crippen LogP contribution < -0.4 is 14.4 Å². The fourth-order valence-corrected chi connectivity index (χ4v) is 6.43. The molecule has 0 bridgehead atoms. The SMILES string of the molecule is COc1ccccc1N(CC(=O)N(Cc1cccc(Cl)c1)[C@@H](Cc1ccccc1)C(=O)NC1CCCCC1)S(C)(=O)=O. The van der Waals surface area contributed by atoms with Crippen LogP contribution in [-0.2, 0) is 32.6 Å². The molecule has 0 aromatic heterocycles. The summed E-state index contributed by atoms with van der Waals surface area (Å²) in [5.41, 5.74) is 1.85. The van der Waals surface area contributed by atoms with Gasteiger partial charge < -0.3 is 15.0 Å². The number of methoxy groups -OCH3 is 1. The minimum atomic E-state index is -3.90. The Labute approximate surface area is 253 Å². The smallest absolute Gasteiger partial charge is 0.244 e. The molecule has 8 nitrogen and oxygen atoms in total. The second-order valence-electron chi connectivity index (χ2n) is 10.6. The van der Waals surface area contributed by atoms with Crippen molar-refractivity contribution in [2.24, 2.45) is 0 Å². The van der Waals surface area contributed by atoms with Crippen molar-refractivity contribution in [2.45, 2.75) is 57.2 Å². The van der Waals surface area contributed by atoms with Gasteiger partial charge in [0.1, 0.15) is 18.3 Å². The third-order valence-electron chi connectivity index (χ3n) is 7.50. The number of sulfonamides is 1. The lowest BCUT2D eigenvalue weighted by molar-refractivity contribution is -0.140. The molecule has 0 spiro atoms. The third kappa shape index (κ3) is 8.49. The number of nitrogens with zero attached hydrogens (tertiary/aromatic N) is 2. The molecule has 0 aliphatic heterocycles. The monoisotopic (exact) mass is 611 g/mol. The van der Waals surface area contributed by atoms with Gasteiger partial charge in [0, 0.05) is 24.0 Å². The molecule has 1 aliphatic rings. The maximum Gasteiger partial charge on any atom is 0.244 e. The van der Waals surface area contributed by atoms with Crippen LogP contribution in [0.2, 0.25) is 5.02 Å². The summed E-state index contributed by atoms with van der Waals surface area (Å²) in [5.74, 6) is -0.469. The van der Waals surface area contributed by atoms with E-state index in [0.717, 1.165) is 53.8 Å². The number of hydrogen-bond donors (Lipinski definition) is 1. The highest BCUT2D eigenvalue weighted by Crippen LogP contribution is 2.30. The van der Waals surface area contributed by atoms with Crippen molar-refractivity contribution in [3.63, 3.8) is 0 Å². The Hall–Kier alpha value is -3.56. The number of amides is 2. The van der Waals surface area contributed by atoms with Gasteiger partial charge in [-0.3, -0.25) is 13.9 Å². The van der Waals surface area contributed by atoms with Crippen molar-refractivity contribution in [1.29, 1.82) is 0 Å². The second kappa shape index (κ2) is 14.6. The minimum absolute atomic E-state index is 0.0359. The van der Waals surface area contributed by atoms with Gasteiger partial charge in [-0.1, -0.05) is 85.5 Å². The predicted molar refractivity (Wildman–Crippen MR) is 166 cm³/mol. The van der Waals surface area contributed by atoms with E-state index >= 15 is 0 Å². The molecule has 3 aromatic carbocycles. The lowest BCUT2D eigenvalue weighted by Crippen LogP contribution is -2.55. The van der Waals surface area contributed by atoms with Crippen molar-refractivity contribution < 1.29 is 22.7 Å². The lowest BCUT2D eigenvalue weighted by atomic mass is 9.94. The van der Waals surface area contributed by atoms with Gasteiger partial charge in [0.25, 0.3) is 0 Å². The van der Waals surface area contributed by atoms with E-state index in [2.05, 4.69) is 5.32 Å². The van der Waals surface area contributed by atoms with E-state index in [0.29, 0.717) is 10.8 Å². The number of hydrogen-bond acceptors (Lipinski definition) is 5. The Morgan fingerprint density at radius 2 is 1.62 bits per heavy atom. The third-order valence-corrected chi connectivity index (χ3v) is 8.86. The highest BCUT2D eigenvalue weighted by Gasteiger charge is 2.34. The molecule has 1 atom stereocenters. The molecule has 1 aliphatic carbocycles. The summed E-state index contributed by atoms with van der Waals surface area (Å²) in [6.45, 7) is -0.444. The van der Waals surface area contributed by atoms with Crippen LogP contribution in [0, 0.1) is 0 Å². The van der Waals surface area contributed by atoms with Crippen LogP contribution in [0.25, 0.3) is 0 Å². The molecule has 3 aromatic rings. The van der Waals surface area contributed by atoms with Gasteiger partial charge in [0.2, 0.25) is 21.8 Å². The number of ether oxygens (including phenoxy) is 1. The molecule has 10 heteroatoms. The van der Waals surface area contributed by atoms with Crippen molar-refractivity contribution in [1.82, 2.24) is 10.2 Å². The molecule has 1 saturated carbocycles. The van der Waals surface area contributed by atoms with Crippen molar-refractivity contribution >= 4 is 39.1 Å². The zero-order chi connectivity index (χ0) is 30.1. The van der Waals surface area contributed by atoms with E-state index in [4.69, 9.17) is 16.3 Å². The molecule has 42 heavy (non-hydrogen) atoms. The number of rotatable bonds is 12. The molecule has 0 unspecified atom stereocenters. The largest absolute Gasteiger partial charge is 0.495 e. The molecule has 1 fully saturated rings. The fourth-order valence-electron chi connectivity index (χ4n) is 5.36. The number of halogens is 1. The van der Waals surface area contributed by atoms with Crippen LogP contribution in [0.3, 0.4) is 0 Å². The summed E-state index contributed by atoms with van der Waals surface area (Å²) >= 11 is 6.28. The molecule has 4 rings (SSSR count). The molecular weight excluding hydrogens is 574 g/mol. The van der Waals surface area contributed by atoms with E-state index in [1.807, 2.05) is 36.4 Å². The van der Waals surface area contributed by atoms with Gasteiger partial charge in [-0.2, -0.15) is 0 Å². The Kier molecular flexibility index (Phi) is 10.9. The highest BCUT2D eigenvalue weighted by atomic mass is 35.5. The average Bonchev–Trinajstić information content (AvgIpc) is 2.98. The Balaban J connectivity index is 1.74. The summed E-state index contributed by atoms with van der Waals surface area (Å²) in [5, 5.41) is 3.69.